The number of hydrogen-bond acceptors (Lipinski definition) is 5. The number of nitrogens with one attached hydrogen (secondary N) is 1. The minimum absolute atomic E-state index is 0.0744. The van der Waals surface area contributed by atoms with E-state index < -0.39 is 0 Å². The molecule has 1 atom stereocenters. The molecule has 0 radical (unpaired) electrons. The van der Waals surface area contributed by atoms with Gasteiger partial charge in [-0.15, -0.1) is 11.3 Å². The number of thiazole rings is 1. The quantitative estimate of drug-likeness (QED) is 0.702. The summed E-state index contributed by atoms with van der Waals surface area (Å²) >= 11 is 2.86. The van der Waals surface area contributed by atoms with Gasteiger partial charge in [-0.05, 0) is 19.1 Å². The minimum Gasteiger partial charge on any atom is -0.301 e. The highest BCUT2D eigenvalue weighted by Gasteiger charge is 2.16. The highest BCUT2D eigenvalue weighted by Crippen LogP contribution is 2.26. The number of amides is 1. The Balaban J connectivity index is 1.63. The van der Waals surface area contributed by atoms with Crippen molar-refractivity contribution in [2.45, 2.75) is 17.2 Å². The van der Waals surface area contributed by atoms with Gasteiger partial charge in [0.15, 0.2) is 5.13 Å². The topological polar surface area (TPSA) is 54.9 Å². The first-order valence-corrected chi connectivity index (χ1v) is 8.88. The van der Waals surface area contributed by atoms with Crippen LogP contribution in [0.15, 0.2) is 65.1 Å². The minimum atomic E-state index is -0.242. The van der Waals surface area contributed by atoms with Crippen LogP contribution in [0.5, 0.6) is 0 Å². The van der Waals surface area contributed by atoms with Gasteiger partial charge in [0.25, 0.3) is 0 Å². The number of nitrogens with zero attached hydrogens (tertiary/aromatic N) is 2. The van der Waals surface area contributed by atoms with Gasteiger partial charge in [-0.1, -0.05) is 48.2 Å². The molecule has 2 aromatic heterocycles. The second-order valence-corrected chi connectivity index (χ2v) is 7.04. The zero-order chi connectivity index (χ0) is 16.1. The maximum Gasteiger partial charge on any atom is 0.239 e. The molecule has 4 nitrogen and oxygen atoms in total. The zero-order valence-corrected chi connectivity index (χ0v) is 14.1. The molecule has 3 aromatic rings. The van der Waals surface area contributed by atoms with Crippen LogP contribution in [0.3, 0.4) is 0 Å². The molecule has 0 aliphatic carbocycles. The molecule has 0 fully saturated rings. The van der Waals surface area contributed by atoms with E-state index in [1.165, 1.54) is 23.1 Å². The van der Waals surface area contributed by atoms with E-state index in [2.05, 4.69) is 15.3 Å². The van der Waals surface area contributed by atoms with Crippen LogP contribution in [0.4, 0.5) is 5.13 Å². The smallest absolute Gasteiger partial charge is 0.239 e. The van der Waals surface area contributed by atoms with Crippen molar-refractivity contribution in [3.63, 3.8) is 0 Å². The van der Waals surface area contributed by atoms with Gasteiger partial charge in [-0.3, -0.25) is 4.79 Å². The molecule has 116 valence electrons. The number of anilines is 1. The van der Waals surface area contributed by atoms with Crippen molar-refractivity contribution in [1.82, 2.24) is 9.97 Å². The summed E-state index contributed by atoms with van der Waals surface area (Å²) < 4.78 is 0. The van der Waals surface area contributed by atoms with Gasteiger partial charge in [-0.2, -0.15) is 0 Å². The molecule has 0 aliphatic heterocycles. The fraction of sp³-hybridized carbons (Fsp3) is 0.118. The van der Waals surface area contributed by atoms with E-state index in [1.54, 1.807) is 6.20 Å². The molecule has 1 N–H and O–H groups in total. The Bertz CT molecular complexity index is 775. The first-order valence-electron chi connectivity index (χ1n) is 7.12. The van der Waals surface area contributed by atoms with Crippen molar-refractivity contribution in [3.05, 3.63) is 60.1 Å². The Morgan fingerprint density at radius 2 is 1.96 bits per heavy atom. The van der Waals surface area contributed by atoms with Crippen LogP contribution in [-0.2, 0) is 4.79 Å². The first-order chi connectivity index (χ1) is 11.2. The monoisotopic (exact) mass is 341 g/mol. The van der Waals surface area contributed by atoms with E-state index in [1.807, 2.05) is 60.8 Å². The van der Waals surface area contributed by atoms with Gasteiger partial charge in [0.1, 0.15) is 0 Å². The number of carbonyl (C=O) groups is 1. The third kappa shape index (κ3) is 4.18. The highest BCUT2D eigenvalue weighted by atomic mass is 32.2. The zero-order valence-electron chi connectivity index (χ0n) is 12.5. The first kappa shape index (κ1) is 15.7. The molecule has 23 heavy (non-hydrogen) atoms. The Kier molecular flexibility index (Phi) is 5.05. The van der Waals surface area contributed by atoms with Gasteiger partial charge in [-0.25, -0.2) is 9.97 Å². The lowest BCUT2D eigenvalue weighted by atomic mass is 10.2. The summed E-state index contributed by atoms with van der Waals surface area (Å²) in [6.07, 6.45) is 1.72. The van der Waals surface area contributed by atoms with Crippen LogP contribution in [0.1, 0.15) is 6.92 Å². The lowest BCUT2D eigenvalue weighted by Gasteiger charge is -2.09. The lowest BCUT2D eigenvalue weighted by molar-refractivity contribution is -0.115. The fourth-order valence-corrected chi connectivity index (χ4v) is 3.46. The van der Waals surface area contributed by atoms with Gasteiger partial charge < -0.3 is 5.32 Å². The third-order valence-electron chi connectivity index (χ3n) is 3.11. The van der Waals surface area contributed by atoms with Crippen LogP contribution in [0.2, 0.25) is 0 Å². The highest BCUT2D eigenvalue weighted by molar-refractivity contribution is 8.00. The molecular weight excluding hydrogens is 326 g/mol. The molecular formula is C17H15N3OS2. The maximum atomic E-state index is 12.3. The Labute approximate surface area is 143 Å². The van der Waals surface area contributed by atoms with E-state index in [9.17, 15) is 4.79 Å². The molecule has 0 spiro atoms. The second kappa shape index (κ2) is 7.39. The Morgan fingerprint density at radius 3 is 2.70 bits per heavy atom. The number of thioether (sulfide) groups is 1. The summed E-state index contributed by atoms with van der Waals surface area (Å²) in [5, 5.41) is 6.02. The maximum absolute atomic E-state index is 12.3. The van der Waals surface area contributed by atoms with Crippen molar-refractivity contribution >= 4 is 34.1 Å². The standard InChI is InChI=1S/C17H15N3OS2/c1-12(23-15-9-5-6-10-18-15)16(21)20-17-19-14(11-22-17)13-7-3-2-4-8-13/h2-12H,1H3,(H,19,20,21)/t12-/m0/s1. The summed E-state index contributed by atoms with van der Waals surface area (Å²) in [7, 11) is 0. The molecule has 1 amide bonds. The summed E-state index contributed by atoms with van der Waals surface area (Å²) in [6.45, 7) is 1.86. The van der Waals surface area contributed by atoms with E-state index in [4.69, 9.17) is 0 Å². The molecule has 0 aliphatic rings. The van der Waals surface area contributed by atoms with Crippen LogP contribution in [0.25, 0.3) is 11.3 Å². The number of rotatable bonds is 5. The molecule has 0 bridgehead atoms. The predicted octanol–water partition coefficient (Wildman–Crippen LogP) is 4.32. The molecule has 0 saturated heterocycles. The normalized spacial score (nSPS) is 11.9. The molecule has 3 rings (SSSR count). The van der Waals surface area contributed by atoms with Gasteiger partial charge in [0.2, 0.25) is 5.91 Å². The Morgan fingerprint density at radius 1 is 1.17 bits per heavy atom. The molecule has 0 unspecified atom stereocenters. The predicted molar refractivity (Wildman–Crippen MR) is 95.7 cm³/mol. The number of benzene rings is 1. The van der Waals surface area contributed by atoms with Crippen molar-refractivity contribution in [1.29, 1.82) is 0 Å². The fourth-order valence-electron chi connectivity index (χ4n) is 1.93. The van der Waals surface area contributed by atoms with Crippen LogP contribution < -0.4 is 5.32 Å². The summed E-state index contributed by atoms with van der Waals surface area (Å²) in [6, 6.07) is 15.6. The largest absolute Gasteiger partial charge is 0.301 e. The number of carbonyl (C=O) groups excluding carboxylic acids is 1. The van der Waals surface area contributed by atoms with Crippen molar-refractivity contribution in [2.75, 3.05) is 5.32 Å². The van der Waals surface area contributed by atoms with Crippen LogP contribution >= 0.6 is 23.1 Å². The number of hydrogen-bond donors (Lipinski definition) is 1. The number of pyridine rings is 1. The van der Waals surface area contributed by atoms with E-state index in [-0.39, 0.29) is 11.2 Å². The average molecular weight is 341 g/mol. The van der Waals surface area contributed by atoms with E-state index in [0.29, 0.717) is 5.13 Å². The van der Waals surface area contributed by atoms with Gasteiger partial charge in [0, 0.05) is 17.1 Å². The molecule has 6 heteroatoms. The van der Waals surface area contributed by atoms with Gasteiger partial charge in [0.05, 0.1) is 16.0 Å². The summed E-state index contributed by atoms with van der Waals surface area (Å²) in [5.74, 6) is -0.0744. The molecule has 2 heterocycles. The Hall–Kier alpha value is -2.18. The van der Waals surface area contributed by atoms with Crippen LogP contribution in [0, 0.1) is 0 Å². The van der Waals surface area contributed by atoms with E-state index >= 15 is 0 Å². The second-order valence-electron chi connectivity index (χ2n) is 4.82. The van der Waals surface area contributed by atoms with Crippen molar-refractivity contribution in [2.24, 2.45) is 0 Å². The lowest BCUT2D eigenvalue weighted by Crippen LogP contribution is -2.22. The third-order valence-corrected chi connectivity index (χ3v) is 4.92. The van der Waals surface area contributed by atoms with Gasteiger partial charge >= 0.3 is 0 Å². The number of aromatic nitrogens is 2. The molecule has 0 saturated carbocycles. The van der Waals surface area contributed by atoms with Crippen molar-refractivity contribution < 1.29 is 4.79 Å². The average Bonchev–Trinajstić information content (AvgIpc) is 3.05. The van der Waals surface area contributed by atoms with Crippen LogP contribution in [-0.4, -0.2) is 21.1 Å². The summed E-state index contributed by atoms with van der Waals surface area (Å²) in [5.41, 5.74) is 1.91. The van der Waals surface area contributed by atoms with E-state index in [0.717, 1.165) is 16.3 Å². The SMILES string of the molecule is C[C@H](Sc1ccccn1)C(=O)Nc1nc(-c2ccccc2)cs1. The van der Waals surface area contributed by atoms with Crippen molar-refractivity contribution in [3.8, 4) is 11.3 Å². The molecule has 1 aromatic carbocycles. The summed E-state index contributed by atoms with van der Waals surface area (Å²) in [4.78, 5) is 21.0.